The van der Waals surface area contributed by atoms with Crippen LogP contribution in [0.3, 0.4) is 0 Å². The van der Waals surface area contributed by atoms with Crippen LogP contribution < -0.4 is 5.32 Å². The molecule has 0 radical (unpaired) electrons. The van der Waals surface area contributed by atoms with Gasteiger partial charge in [-0.1, -0.05) is 11.6 Å². The van der Waals surface area contributed by atoms with Gasteiger partial charge in [0.05, 0.1) is 22.4 Å². The Morgan fingerprint density at radius 1 is 1.43 bits per heavy atom. The number of fused-ring (bicyclic) bond motifs is 1. The number of aromatic nitrogens is 2. The van der Waals surface area contributed by atoms with Crippen molar-refractivity contribution in [1.82, 2.24) is 9.61 Å². The van der Waals surface area contributed by atoms with Crippen LogP contribution in [-0.4, -0.2) is 32.4 Å². The number of aromatic carboxylic acids is 1. The van der Waals surface area contributed by atoms with Crippen molar-refractivity contribution >= 4 is 34.9 Å². The van der Waals surface area contributed by atoms with Gasteiger partial charge in [0.1, 0.15) is 11.2 Å². The molecule has 0 bridgehead atoms. The molecular formula is C13H14ClN3O4. The lowest BCUT2D eigenvalue weighted by Crippen LogP contribution is -2.27. The van der Waals surface area contributed by atoms with Crippen molar-refractivity contribution in [3.8, 4) is 0 Å². The Labute approximate surface area is 125 Å². The number of carboxylic acid groups (broad SMARTS) is 1. The van der Waals surface area contributed by atoms with Crippen molar-refractivity contribution in [2.24, 2.45) is 0 Å². The molecule has 21 heavy (non-hydrogen) atoms. The normalized spacial score (nSPS) is 11.4. The number of carbonyl (C=O) groups is 2. The molecule has 2 heterocycles. The summed E-state index contributed by atoms with van der Waals surface area (Å²) in [5.41, 5.74) is -0.0676. The predicted molar refractivity (Wildman–Crippen MR) is 77.0 cm³/mol. The standard InChI is InChI=1S/C13H14ClN3O4/c1-13(2,3)21-12(20)16-9-4-10-7(11(18)19)5-15-17(10)6-8(9)14/h4-6H,1-3H3,(H,16,20)(H,18,19). The number of halogens is 1. The van der Waals surface area contributed by atoms with E-state index in [1.165, 1.54) is 23.0 Å². The van der Waals surface area contributed by atoms with Crippen molar-refractivity contribution in [2.75, 3.05) is 5.32 Å². The Kier molecular flexibility index (Phi) is 3.78. The number of ether oxygens (including phenoxy) is 1. The minimum Gasteiger partial charge on any atom is -0.478 e. The Morgan fingerprint density at radius 3 is 2.67 bits per heavy atom. The molecule has 0 aromatic carbocycles. The fourth-order valence-corrected chi connectivity index (χ4v) is 1.87. The molecule has 0 unspecified atom stereocenters. The summed E-state index contributed by atoms with van der Waals surface area (Å²) >= 11 is 6.03. The van der Waals surface area contributed by atoms with Gasteiger partial charge in [-0.2, -0.15) is 5.10 Å². The largest absolute Gasteiger partial charge is 0.478 e. The van der Waals surface area contributed by atoms with Gasteiger partial charge in [0.2, 0.25) is 0 Å². The molecule has 0 aliphatic carbocycles. The van der Waals surface area contributed by atoms with Gasteiger partial charge in [-0.05, 0) is 26.8 Å². The van der Waals surface area contributed by atoms with Gasteiger partial charge in [-0.3, -0.25) is 5.32 Å². The van der Waals surface area contributed by atoms with Gasteiger partial charge in [0, 0.05) is 6.20 Å². The number of hydrogen-bond donors (Lipinski definition) is 2. The number of hydrogen-bond acceptors (Lipinski definition) is 4. The van der Waals surface area contributed by atoms with Crippen molar-refractivity contribution in [2.45, 2.75) is 26.4 Å². The van der Waals surface area contributed by atoms with E-state index in [1.807, 2.05) is 0 Å². The number of pyridine rings is 1. The van der Waals surface area contributed by atoms with Crippen LogP contribution in [0.4, 0.5) is 10.5 Å². The summed E-state index contributed by atoms with van der Waals surface area (Å²) in [7, 11) is 0. The topological polar surface area (TPSA) is 92.9 Å². The van der Waals surface area contributed by atoms with Crippen LogP contribution in [0.15, 0.2) is 18.5 Å². The van der Waals surface area contributed by atoms with E-state index in [2.05, 4.69) is 10.4 Å². The molecule has 0 fully saturated rings. The predicted octanol–water partition coefficient (Wildman–Crippen LogP) is 3.03. The Bertz CT molecular complexity index is 718. The zero-order chi connectivity index (χ0) is 15.8. The summed E-state index contributed by atoms with van der Waals surface area (Å²) in [4.78, 5) is 22.8. The first-order chi connectivity index (χ1) is 9.67. The number of nitrogens with one attached hydrogen (secondary N) is 1. The summed E-state index contributed by atoms with van der Waals surface area (Å²) in [5, 5.41) is 15.7. The van der Waals surface area contributed by atoms with Crippen LogP contribution in [0.25, 0.3) is 5.52 Å². The van der Waals surface area contributed by atoms with Crippen molar-refractivity contribution < 1.29 is 19.4 Å². The second-order valence-electron chi connectivity index (χ2n) is 5.36. The van der Waals surface area contributed by atoms with Crippen LogP contribution in [0.5, 0.6) is 0 Å². The van der Waals surface area contributed by atoms with E-state index in [0.717, 1.165) is 0 Å². The summed E-state index contributed by atoms with van der Waals surface area (Å²) in [6.07, 6.45) is 1.95. The highest BCUT2D eigenvalue weighted by molar-refractivity contribution is 6.33. The van der Waals surface area contributed by atoms with E-state index >= 15 is 0 Å². The highest BCUT2D eigenvalue weighted by Crippen LogP contribution is 2.25. The molecule has 0 aliphatic rings. The number of carboxylic acids is 1. The maximum absolute atomic E-state index is 11.7. The van der Waals surface area contributed by atoms with Gasteiger partial charge in [-0.15, -0.1) is 0 Å². The van der Waals surface area contributed by atoms with Gasteiger partial charge in [-0.25, -0.2) is 14.1 Å². The molecule has 0 saturated carbocycles. The molecule has 0 atom stereocenters. The number of rotatable bonds is 2. The molecular weight excluding hydrogens is 298 g/mol. The molecule has 112 valence electrons. The van der Waals surface area contributed by atoms with E-state index in [9.17, 15) is 9.59 Å². The van der Waals surface area contributed by atoms with Crippen molar-refractivity contribution in [1.29, 1.82) is 0 Å². The van der Waals surface area contributed by atoms with Gasteiger partial charge in [0.15, 0.2) is 0 Å². The average Bonchev–Trinajstić information content (AvgIpc) is 2.69. The SMILES string of the molecule is CC(C)(C)OC(=O)Nc1cc2c(C(=O)O)cnn2cc1Cl. The van der Waals surface area contributed by atoms with Crippen LogP contribution in [0, 0.1) is 0 Å². The summed E-state index contributed by atoms with van der Waals surface area (Å²) in [6.45, 7) is 5.20. The first kappa shape index (κ1) is 15.1. The lowest BCUT2D eigenvalue weighted by Gasteiger charge is -2.20. The third-order valence-electron chi connectivity index (χ3n) is 2.47. The molecule has 8 heteroatoms. The summed E-state index contributed by atoms with van der Waals surface area (Å²) < 4.78 is 6.45. The second kappa shape index (κ2) is 5.25. The minimum absolute atomic E-state index is 0.0129. The monoisotopic (exact) mass is 311 g/mol. The molecule has 7 nitrogen and oxygen atoms in total. The maximum Gasteiger partial charge on any atom is 0.412 e. The maximum atomic E-state index is 11.7. The van der Waals surface area contributed by atoms with E-state index in [4.69, 9.17) is 21.4 Å². The summed E-state index contributed by atoms with van der Waals surface area (Å²) in [6, 6.07) is 1.43. The summed E-state index contributed by atoms with van der Waals surface area (Å²) in [5.74, 6) is -1.12. The molecule has 2 N–H and O–H groups in total. The fraction of sp³-hybridized carbons (Fsp3) is 0.308. The van der Waals surface area contributed by atoms with E-state index in [1.54, 1.807) is 20.8 Å². The van der Waals surface area contributed by atoms with Crippen LogP contribution >= 0.6 is 11.6 Å². The van der Waals surface area contributed by atoms with Gasteiger partial charge in [0.25, 0.3) is 0 Å². The minimum atomic E-state index is -1.12. The van der Waals surface area contributed by atoms with E-state index in [0.29, 0.717) is 5.52 Å². The average molecular weight is 312 g/mol. The molecule has 0 aliphatic heterocycles. The first-order valence-corrected chi connectivity index (χ1v) is 6.45. The van der Waals surface area contributed by atoms with Crippen LogP contribution in [-0.2, 0) is 4.74 Å². The highest BCUT2D eigenvalue weighted by Gasteiger charge is 2.19. The molecule has 0 spiro atoms. The Balaban J connectivity index is 2.35. The smallest absolute Gasteiger partial charge is 0.412 e. The number of anilines is 1. The number of carbonyl (C=O) groups excluding carboxylic acids is 1. The zero-order valence-corrected chi connectivity index (χ0v) is 12.4. The number of amides is 1. The van der Waals surface area contributed by atoms with Crippen molar-refractivity contribution in [3.05, 3.63) is 29.0 Å². The quantitative estimate of drug-likeness (QED) is 0.889. The van der Waals surface area contributed by atoms with E-state index in [-0.39, 0.29) is 16.3 Å². The van der Waals surface area contributed by atoms with Crippen molar-refractivity contribution in [3.63, 3.8) is 0 Å². The molecule has 1 amide bonds. The molecule has 2 rings (SSSR count). The molecule has 0 saturated heterocycles. The van der Waals surface area contributed by atoms with Gasteiger partial charge >= 0.3 is 12.1 Å². The third-order valence-corrected chi connectivity index (χ3v) is 2.78. The number of nitrogens with zero attached hydrogens (tertiary/aromatic N) is 2. The Hall–Kier alpha value is -2.28. The fourth-order valence-electron chi connectivity index (χ4n) is 1.68. The molecule has 2 aromatic rings. The van der Waals surface area contributed by atoms with Crippen LogP contribution in [0.1, 0.15) is 31.1 Å². The highest BCUT2D eigenvalue weighted by atomic mass is 35.5. The van der Waals surface area contributed by atoms with Gasteiger partial charge < -0.3 is 9.84 Å². The van der Waals surface area contributed by atoms with Crippen LogP contribution in [0.2, 0.25) is 5.02 Å². The Morgan fingerprint density at radius 2 is 2.10 bits per heavy atom. The second-order valence-corrected chi connectivity index (χ2v) is 5.76. The van der Waals surface area contributed by atoms with E-state index < -0.39 is 17.7 Å². The zero-order valence-electron chi connectivity index (χ0n) is 11.7. The lowest BCUT2D eigenvalue weighted by atomic mass is 10.2. The third kappa shape index (κ3) is 3.43. The lowest BCUT2D eigenvalue weighted by molar-refractivity contribution is 0.0634. The molecule has 2 aromatic heterocycles. The first-order valence-electron chi connectivity index (χ1n) is 6.07.